The Kier molecular flexibility index (Phi) is 4.74. The Morgan fingerprint density at radius 1 is 1.17 bits per heavy atom. The molecule has 23 heavy (non-hydrogen) atoms. The summed E-state index contributed by atoms with van der Waals surface area (Å²) in [6.45, 7) is 5.00. The van der Waals surface area contributed by atoms with Crippen molar-refractivity contribution < 1.29 is 9.90 Å². The largest absolute Gasteiger partial charge is 0.385 e. The molecule has 3 rings (SSSR count). The molecule has 0 spiro atoms. The van der Waals surface area contributed by atoms with Gasteiger partial charge in [-0.3, -0.25) is 4.79 Å². The summed E-state index contributed by atoms with van der Waals surface area (Å²) >= 11 is 0. The van der Waals surface area contributed by atoms with Gasteiger partial charge in [0.15, 0.2) is 0 Å². The average Bonchev–Trinajstić information content (AvgIpc) is 2.92. The lowest BCUT2D eigenvalue weighted by Crippen LogP contribution is -2.47. The molecule has 4 nitrogen and oxygen atoms in total. The topological polar surface area (TPSA) is 52.6 Å². The van der Waals surface area contributed by atoms with Crippen LogP contribution in [0.25, 0.3) is 0 Å². The van der Waals surface area contributed by atoms with E-state index in [0.717, 1.165) is 44.2 Å². The normalized spacial score (nSPS) is 31.8. The Balaban J connectivity index is 1.55. The van der Waals surface area contributed by atoms with Crippen molar-refractivity contribution in [3.8, 4) is 0 Å². The number of hydrogen-bond acceptors (Lipinski definition) is 3. The van der Waals surface area contributed by atoms with E-state index in [-0.39, 0.29) is 18.0 Å². The number of carbonyl (C=O) groups is 1. The Hall–Kier alpha value is -1.39. The van der Waals surface area contributed by atoms with Crippen molar-refractivity contribution in [2.75, 3.05) is 6.54 Å². The van der Waals surface area contributed by atoms with Crippen LogP contribution in [0.5, 0.6) is 0 Å². The van der Waals surface area contributed by atoms with Gasteiger partial charge in [0, 0.05) is 18.6 Å². The van der Waals surface area contributed by atoms with Crippen LogP contribution in [0.2, 0.25) is 0 Å². The van der Waals surface area contributed by atoms with Gasteiger partial charge in [0.2, 0.25) is 5.91 Å². The minimum Gasteiger partial charge on any atom is -0.385 e. The first-order valence-corrected chi connectivity index (χ1v) is 8.84. The Bertz CT molecular complexity index is 536. The van der Waals surface area contributed by atoms with Crippen molar-refractivity contribution in [3.63, 3.8) is 0 Å². The molecular formula is C19H28N2O2. The van der Waals surface area contributed by atoms with E-state index < -0.39 is 5.60 Å². The highest BCUT2D eigenvalue weighted by Gasteiger charge is 2.38. The molecule has 1 heterocycles. The van der Waals surface area contributed by atoms with E-state index in [1.54, 1.807) is 0 Å². The maximum atomic E-state index is 12.4. The zero-order valence-electron chi connectivity index (χ0n) is 14.2. The summed E-state index contributed by atoms with van der Waals surface area (Å²) in [5.41, 5.74) is 0.310. The number of aliphatic hydroxyl groups is 1. The van der Waals surface area contributed by atoms with E-state index >= 15 is 0 Å². The zero-order valence-corrected chi connectivity index (χ0v) is 14.2. The monoisotopic (exact) mass is 316 g/mol. The molecule has 4 heteroatoms. The lowest BCUT2D eigenvalue weighted by molar-refractivity contribution is -0.131. The van der Waals surface area contributed by atoms with Crippen LogP contribution in [0.1, 0.15) is 51.5 Å². The van der Waals surface area contributed by atoms with Gasteiger partial charge in [-0.2, -0.15) is 0 Å². The van der Waals surface area contributed by atoms with E-state index in [9.17, 15) is 9.90 Å². The van der Waals surface area contributed by atoms with E-state index in [1.807, 2.05) is 35.2 Å². The van der Waals surface area contributed by atoms with Crippen molar-refractivity contribution in [2.45, 2.75) is 69.7 Å². The van der Waals surface area contributed by atoms with Crippen molar-refractivity contribution in [3.05, 3.63) is 35.9 Å². The maximum Gasteiger partial charge on any atom is 0.240 e. The first-order chi connectivity index (χ1) is 11.0. The van der Waals surface area contributed by atoms with Gasteiger partial charge in [-0.25, -0.2) is 0 Å². The molecule has 1 atom stereocenters. The third kappa shape index (κ3) is 3.43. The van der Waals surface area contributed by atoms with Crippen molar-refractivity contribution in [1.82, 2.24) is 10.2 Å². The predicted octanol–water partition coefficient (Wildman–Crippen LogP) is 2.42. The lowest BCUT2D eigenvalue weighted by atomic mass is 9.77. The van der Waals surface area contributed by atoms with Crippen LogP contribution in [-0.4, -0.2) is 40.6 Å². The van der Waals surface area contributed by atoms with Gasteiger partial charge >= 0.3 is 0 Å². The number of benzene rings is 1. The van der Waals surface area contributed by atoms with Crippen LogP contribution in [0.4, 0.5) is 0 Å². The summed E-state index contributed by atoms with van der Waals surface area (Å²) in [6, 6.07) is 10.5. The Morgan fingerprint density at radius 2 is 1.83 bits per heavy atom. The predicted molar refractivity (Wildman–Crippen MR) is 91.0 cm³/mol. The number of hydrogen-bond donors (Lipinski definition) is 2. The average molecular weight is 316 g/mol. The minimum atomic E-state index is -0.705. The number of nitrogens with one attached hydrogen (secondary N) is 1. The number of amides is 1. The highest BCUT2D eigenvalue weighted by molar-refractivity contribution is 5.84. The van der Waals surface area contributed by atoms with Crippen molar-refractivity contribution in [2.24, 2.45) is 0 Å². The molecule has 1 amide bonds. The first-order valence-electron chi connectivity index (χ1n) is 8.84. The second-order valence-electron chi connectivity index (χ2n) is 7.31. The molecule has 1 saturated heterocycles. The van der Waals surface area contributed by atoms with Crippen molar-refractivity contribution >= 4 is 5.91 Å². The molecule has 1 aliphatic heterocycles. The Morgan fingerprint density at radius 3 is 2.39 bits per heavy atom. The molecule has 1 aliphatic carbocycles. The molecule has 2 N–H and O–H groups in total. The molecule has 0 aromatic heterocycles. The van der Waals surface area contributed by atoms with Gasteiger partial charge in [0.1, 0.15) is 0 Å². The molecule has 1 aromatic carbocycles. The van der Waals surface area contributed by atoms with Gasteiger partial charge in [-0.1, -0.05) is 30.3 Å². The lowest BCUT2D eigenvalue weighted by Gasteiger charge is -2.37. The van der Waals surface area contributed by atoms with Gasteiger partial charge in [-0.15, -0.1) is 0 Å². The standard InChI is InChI=1S/C19H28N2O2/c1-14(2)21-13-10-17(18(21)22)20-16-8-11-19(23,12-9-16)15-6-4-3-5-7-15/h3-7,14,16-17,20,23H,8-13H2,1-2H3. The SMILES string of the molecule is CC(C)N1CCC(NC2CCC(O)(c3ccccc3)CC2)C1=O. The second-order valence-corrected chi connectivity index (χ2v) is 7.31. The van der Waals surface area contributed by atoms with Gasteiger partial charge in [0.05, 0.1) is 11.6 Å². The van der Waals surface area contributed by atoms with Crippen LogP contribution in [0, 0.1) is 0 Å². The molecular weight excluding hydrogens is 288 g/mol. The summed E-state index contributed by atoms with van der Waals surface area (Å²) in [4.78, 5) is 14.3. The summed E-state index contributed by atoms with van der Waals surface area (Å²) in [6.07, 6.45) is 4.23. The third-order valence-corrected chi connectivity index (χ3v) is 5.42. The van der Waals surface area contributed by atoms with Crippen LogP contribution in [-0.2, 0) is 10.4 Å². The van der Waals surface area contributed by atoms with Crippen LogP contribution in [0.3, 0.4) is 0 Å². The maximum absolute atomic E-state index is 12.4. The van der Waals surface area contributed by atoms with Crippen LogP contribution < -0.4 is 5.32 Å². The number of nitrogens with zero attached hydrogens (tertiary/aromatic N) is 1. The molecule has 2 aliphatic rings. The number of rotatable bonds is 4. The fourth-order valence-electron chi connectivity index (χ4n) is 3.95. The zero-order chi connectivity index (χ0) is 16.4. The molecule has 1 aromatic rings. The fourth-order valence-corrected chi connectivity index (χ4v) is 3.95. The minimum absolute atomic E-state index is 0.0367. The Labute approximate surface area is 138 Å². The van der Waals surface area contributed by atoms with E-state index in [4.69, 9.17) is 0 Å². The molecule has 0 radical (unpaired) electrons. The summed E-state index contributed by atoms with van der Waals surface area (Å²) in [7, 11) is 0. The highest BCUT2D eigenvalue weighted by atomic mass is 16.3. The molecule has 126 valence electrons. The molecule has 1 saturated carbocycles. The van der Waals surface area contributed by atoms with E-state index in [2.05, 4.69) is 19.2 Å². The van der Waals surface area contributed by atoms with Gasteiger partial charge < -0.3 is 15.3 Å². The summed E-state index contributed by atoms with van der Waals surface area (Å²) < 4.78 is 0. The highest BCUT2D eigenvalue weighted by Crippen LogP contribution is 2.37. The second kappa shape index (κ2) is 6.62. The van der Waals surface area contributed by atoms with Crippen LogP contribution in [0.15, 0.2) is 30.3 Å². The molecule has 1 unspecified atom stereocenters. The first kappa shape index (κ1) is 16.5. The van der Waals surface area contributed by atoms with E-state index in [0.29, 0.717) is 6.04 Å². The molecule has 2 fully saturated rings. The smallest absolute Gasteiger partial charge is 0.240 e. The number of likely N-dealkylation sites (tertiary alicyclic amines) is 1. The van der Waals surface area contributed by atoms with Crippen molar-refractivity contribution in [1.29, 1.82) is 0 Å². The van der Waals surface area contributed by atoms with E-state index in [1.165, 1.54) is 0 Å². The van der Waals surface area contributed by atoms with Crippen LogP contribution >= 0.6 is 0 Å². The third-order valence-electron chi connectivity index (χ3n) is 5.42. The van der Waals surface area contributed by atoms with Gasteiger partial charge in [-0.05, 0) is 51.5 Å². The van der Waals surface area contributed by atoms with Gasteiger partial charge in [0.25, 0.3) is 0 Å². The molecule has 0 bridgehead atoms. The number of carbonyl (C=O) groups excluding carboxylic acids is 1. The summed E-state index contributed by atoms with van der Waals surface area (Å²) in [5.74, 6) is 0.240. The quantitative estimate of drug-likeness (QED) is 0.897. The summed E-state index contributed by atoms with van der Waals surface area (Å²) in [5, 5.41) is 14.4. The fraction of sp³-hybridized carbons (Fsp3) is 0.632.